The summed E-state index contributed by atoms with van der Waals surface area (Å²) in [6, 6.07) is 15.5. The van der Waals surface area contributed by atoms with Gasteiger partial charge in [0, 0.05) is 18.1 Å². The van der Waals surface area contributed by atoms with E-state index in [9.17, 15) is 9.59 Å². The number of ether oxygens (including phenoxy) is 2. The molecule has 0 spiro atoms. The number of hydrogen-bond donors (Lipinski definition) is 1. The normalized spacial score (nSPS) is 10.6. The number of nitrogens with one attached hydrogen (secondary N) is 1. The van der Waals surface area contributed by atoms with Crippen molar-refractivity contribution in [2.75, 3.05) is 20.3 Å². The van der Waals surface area contributed by atoms with Crippen molar-refractivity contribution in [3.8, 4) is 5.75 Å². The molecule has 2 aromatic carbocycles. The maximum absolute atomic E-state index is 11.8. The van der Waals surface area contributed by atoms with Crippen molar-refractivity contribution >= 4 is 18.0 Å². The fraction of sp³-hybridized carbons (Fsp3) is 0.273. The highest BCUT2D eigenvalue weighted by Crippen LogP contribution is 2.18. The van der Waals surface area contributed by atoms with E-state index in [0.29, 0.717) is 25.1 Å². The summed E-state index contributed by atoms with van der Waals surface area (Å²) in [6.45, 7) is 2.45. The number of benzene rings is 2. The number of amides is 1. The number of aryl methyl sites for hydroxylation is 2. The Labute approximate surface area is 160 Å². The molecule has 1 N–H and O–H groups in total. The minimum Gasteiger partial charge on any atom is -0.496 e. The molecule has 0 heterocycles. The Morgan fingerprint density at radius 2 is 1.81 bits per heavy atom. The molecule has 0 saturated heterocycles. The van der Waals surface area contributed by atoms with Gasteiger partial charge in [0.15, 0.2) is 0 Å². The van der Waals surface area contributed by atoms with E-state index in [2.05, 4.69) is 5.32 Å². The van der Waals surface area contributed by atoms with Crippen molar-refractivity contribution in [1.29, 1.82) is 0 Å². The van der Waals surface area contributed by atoms with Crippen LogP contribution in [0.1, 0.15) is 23.1 Å². The van der Waals surface area contributed by atoms with Gasteiger partial charge in [-0.15, -0.1) is 0 Å². The zero-order chi connectivity index (χ0) is 19.5. The average Bonchev–Trinajstić information content (AvgIpc) is 2.69. The van der Waals surface area contributed by atoms with Crippen LogP contribution in [0.15, 0.2) is 54.6 Å². The van der Waals surface area contributed by atoms with E-state index in [1.54, 1.807) is 13.2 Å². The van der Waals surface area contributed by atoms with Gasteiger partial charge >= 0.3 is 5.97 Å². The lowest BCUT2D eigenvalue weighted by Gasteiger charge is -2.06. The first-order valence-corrected chi connectivity index (χ1v) is 8.88. The maximum atomic E-state index is 11.8. The molecule has 2 rings (SSSR count). The van der Waals surface area contributed by atoms with Crippen LogP contribution in [0.5, 0.6) is 5.75 Å². The minimum atomic E-state index is -0.463. The molecule has 0 bridgehead atoms. The molecule has 0 aliphatic heterocycles. The average molecular weight is 367 g/mol. The van der Waals surface area contributed by atoms with E-state index in [1.165, 1.54) is 11.6 Å². The Morgan fingerprint density at radius 1 is 1.07 bits per heavy atom. The molecular formula is C22H25NO4. The molecule has 0 unspecified atom stereocenters. The predicted octanol–water partition coefficient (Wildman–Crippen LogP) is 3.31. The van der Waals surface area contributed by atoms with Crippen LogP contribution in [-0.2, 0) is 20.7 Å². The minimum absolute atomic E-state index is 0.0591. The highest BCUT2D eigenvalue weighted by Gasteiger charge is 2.04. The molecular weight excluding hydrogens is 342 g/mol. The Hall–Kier alpha value is -3.08. The molecule has 5 nitrogen and oxygen atoms in total. The van der Waals surface area contributed by atoms with Crippen molar-refractivity contribution in [3.05, 3.63) is 71.3 Å². The van der Waals surface area contributed by atoms with Gasteiger partial charge < -0.3 is 14.8 Å². The summed E-state index contributed by atoms with van der Waals surface area (Å²) >= 11 is 0. The second kappa shape index (κ2) is 10.8. The Kier molecular flexibility index (Phi) is 8.10. The number of methoxy groups -OCH3 is 1. The molecule has 0 saturated carbocycles. The van der Waals surface area contributed by atoms with Crippen LogP contribution in [0.2, 0.25) is 0 Å². The van der Waals surface area contributed by atoms with E-state index in [0.717, 1.165) is 11.1 Å². The number of hydrogen-bond acceptors (Lipinski definition) is 4. The third kappa shape index (κ3) is 7.36. The van der Waals surface area contributed by atoms with E-state index < -0.39 is 5.97 Å². The summed E-state index contributed by atoms with van der Waals surface area (Å²) in [7, 11) is 1.58. The smallest absolute Gasteiger partial charge is 0.330 e. The lowest BCUT2D eigenvalue weighted by molar-refractivity contribution is -0.138. The van der Waals surface area contributed by atoms with Crippen molar-refractivity contribution in [2.45, 2.75) is 19.8 Å². The zero-order valence-electron chi connectivity index (χ0n) is 15.7. The number of esters is 1. The molecule has 0 radical (unpaired) electrons. The van der Waals surface area contributed by atoms with Crippen LogP contribution >= 0.6 is 0 Å². The summed E-state index contributed by atoms with van der Waals surface area (Å²) < 4.78 is 10.3. The van der Waals surface area contributed by atoms with Crippen molar-refractivity contribution in [1.82, 2.24) is 5.32 Å². The summed E-state index contributed by atoms with van der Waals surface area (Å²) in [5.74, 6) is 0.161. The van der Waals surface area contributed by atoms with Gasteiger partial charge in [-0.1, -0.05) is 48.0 Å². The largest absolute Gasteiger partial charge is 0.496 e. The highest BCUT2D eigenvalue weighted by molar-refractivity contribution is 5.87. The monoisotopic (exact) mass is 367 g/mol. The van der Waals surface area contributed by atoms with E-state index in [4.69, 9.17) is 9.47 Å². The molecule has 0 atom stereocenters. The molecule has 0 aromatic heterocycles. The van der Waals surface area contributed by atoms with Crippen LogP contribution in [0.4, 0.5) is 0 Å². The Bertz CT molecular complexity index is 781. The molecule has 0 fully saturated rings. The fourth-order valence-electron chi connectivity index (χ4n) is 2.45. The van der Waals surface area contributed by atoms with E-state index in [1.807, 2.05) is 55.5 Å². The molecule has 5 heteroatoms. The summed E-state index contributed by atoms with van der Waals surface area (Å²) in [4.78, 5) is 23.6. The van der Waals surface area contributed by atoms with Gasteiger partial charge in [0.2, 0.25) is 5.91 Å². The summed E-state index contributed by atoms with van der Waals surface area (Å²) in [5, 5.41) is 2.75. The Balaban J connectivity index is 1.64. The number of para-hydroxylation sites is 1. The quantitative estimate of drug-likeness (QED) is 0.420. The van der Waals surface area contributed by atoms with Gasteiger partial charge in [-0.2, -0.15) is 0 Å². The second-order valence-corrected chi connectivity index (χ2v) is 6.08. The van der Waals surface area contributed by atoms with Crippen LogP contribution in [0, 0.1) is 6.92 Å². The zero-order valence-corrected chi connectivity index (χ0v) is 15.7. The van der Waals surface area contributed by atoms with Crippen LogP contribution < -0.4 is 10.1 Å². The third-order valence-electron chi connectivity index (χ3n) is 3.97. The maximum Gasteiger partial charge on any atom is 0.330 e. The highest BCUT2D eigenvalue weighted by atomic mass is 16.5. The second-order valence-electron chi connectivity index (χ2n) is 6.08. The molecule has 27 heavy (non-hydrogen) atoms. The van der Waals surface area contributed by atoms with Gasteiger partial charge in [-0.3, -0.25) is 4.79 Å². The summed E-state index contributed by atoms with van der Waals surface area (Å²) in [5.41, 5.74) is 3.12. The number of rotatable bonds is 9. The molecule has 0 aliphatic rings. The fourth-order valence-corrected chi connectivity index (χ4v) is 2.45. The molecule has 2 aromatic rings. The SMILES string of the molecule is COc1ccccc1/C=C/C(=O)OCCNC(=O)CCc1ccc(C)cc1. The first-order valence-electron chi connectivity index (χ1n) is 8.88. The van der Waals surface area contributed by atoms with Gasteiger partial charge in [0.05, 0.1) is 13.7 Å². The first-order chi connectivity index (χ1) is 13.1. The van der Waals surface area contributed by atoms with Gasteiger partial charge in [0.1, 0.15) is 12.4 Å². The number of carbonyl (C=O) groups excluding carboxylic acids is 2. The van der Waals surface area contributed by atoms with Crippen LogP contribution in [0.3, 0.4) is 0 Å². The lowest BCUT2D eigenvalue weighted by atomic mass is 10.1. The topological polar surface area (TPSA) is 64.6 Å². The van der Waals surface area contributed by atoms with Gasteiger partial charge in [0.25, 0.3) is 0 Å². The van der Waals surface area contributed by atoms with Gasteiger partial charge in [-0.25, -0.2) is 4.79 Å². The van der Waals surface area contributed by atoms with Gasteiger partial charge in [-0.05, 0) is 31.1 Å². The van der Waals surface area contributed by atoms with E-state index in [-0.39, 0.29) is 12.5 Å². The van der Waals surface area contributed by atoms with E-state index >= 15 is 0 Å². The van der Waals surface area contributed by atoms with Crippen molar-refractivity contribution in [3.63, 3.8) is 0 Å². The standard InChI is InChI=1S/C22H25NO4/c1-17-7-9-18(10-8-17)11-13-21(24)23-15-16-27-22(25)14-12-19-5-3-4-6-20(19)26-2/h3-10,12,14H,11,13,15-16H2,1-2H3,(H,23,24)/b14-12+. The number of carbonyl (C=O) groups is 2. The Morgan fingerprint density at radius 3 is 2.56 bits per heavy atom. The molecule has 1 amide bonds. The lowest BCUT2D eigenvalue weighted by Crippen LogP contribution is -2.28. The van der Waals surface area contributed by atoms with Crippen LogP contribution in [-0.4, -0.2) is 32.1 Å². The van der Waals surface area contributed by atoms with Crippen LogP contribution in [0.25, 0.3) is 6.08 Å². The van der Waals surface area contributed by atoms with Crippen molar-refractivity contribution < 1.29 is 19.1 Å². The third-order valence-corrected chi connectivity index (χ3v) is 3.97. The molecule has 142 valence electrons. The summed E-state index contributed by atoms with van der Waals surface area (Å²) in [6.07, 6.45) is 4.08. The molecule has 0 aliphatic carbocycles. The first kappa shape index (κ1) is 20.2. The van der Waals surface area contributed by atoms with Crippen molar-refractivity contribution in [2.24, 2.45) is 0 Å². The predicted molar refractivity (Wildman–Crippen MR) is 105 cm³/mol.